The second kappa shape index (κ2) is 4.53. The predicted molar refractivity (Wildman–Crippen MR) is 79.0 cm³/mol. The van der Waals surface area contributed by atoms with E-state index in [2.05, 4.69) is 10.0 Å². The molecule has 4 rings (SSSR count). The molecular weight excluding hydrogens is 292 g/mol. The molecule has 3 aliphatic rings. The number of nitrogens with one attached hydrogen (secondary N) is 2. The van der Waals surface area contributed by atoms with Gasteiger partial charge in [-0.3, -0.25) is 0 Å². The Balaban J connectivity index is 1.48. The molecule has 1 heterocycles. The van der Waals surface area contributed by atoms with E-state index in [0.29, 0.717) is 16.0 Å². The summed E-state index contributed by atoms with van der Waals surface area (Å²) in [5.74, 6) is 2.86. The largest absolute Gasteiger partial charge is 0.315 e. The first-order chi connectivity index (χ1) is 9.60. The van der Waals surface area contributed by atoms with Crippen molar-refractivity contribution < 1.29 is 8.42 Å². The molecule has 3 fully saturated rings. The van der Waals surface area contributed by atoms with Crippen LogP contribution in [0.4, 0.5) is 0 Å². The van der Waals surface area contributed by atoms with Gasteiger partial charge in [0.2, 0.25) is 10.0 Å². The van der Waals surface area contributed by atoms with E-state index in [1.54, 1.807) is 6.07 Å². The molecule has 20 heavy (non-hydrogen) atoms. The zero-order valence-corrected chi connectivity index (χ0v) is 13.1. The van der Waals surface area contributed by atoms with Crippen LogP contribution < -0.4 is 10.0 Å². The number of rotatable bonds is 5. The second-order valence-electron chi connectivity index (χ2n) is 6.39. The lowest BCUT2D eigenvalue weighted by molar-refractivity contribution is 0.456. The molecule has 4 nitrogen and oxygen atoms in total. The molecule has 4 unspecified atom stereocenters. The Bertz CT molecular complexity index is 609. The average Bonchev–Trinajstić information content (AvgIpc) is 2.84. The maximum atomic E-state index is 12.4. The minimum atomic E-state index is -3.31. The summed E-state index contributed by atoms with van der Waals surface area (Å²) in [5, 5.41) is 3.05. The third-order valence-electron chi connectivity index (χ3n) is 5.28. The van der Waals surface area contributed by atoms with Crippen molar-refractivity contribution in [3.05, 3.63) is 17.0 Å². The molecule has 2 N–H and O–H groups in total. The molecule has 3 saturated carbocycles. The first-order valence-corrected chi connectivity index (χ1v) is 9.66. The Labute approximate surface area is 124 Å². The zero-order chi connectivity index (χ0) is 13.9. The van der Waals surface area contributed by atoms with Crippen LogP contribution in [-0.4, -0.2) is 21.5 Å². The van der Waals surface area contributed by atoms with E-state index in [0.717, 1.165) is 23.3 Å². The van der Waals surface area contributed by atoms with Crippen molar-refractivity contribution in [1.29, 1.82) is 0 Å². The molecule has 4 atom stereocenters. The maximum Gasteiger partial charge on any atom is 0.250 e. The molecule has 6 heteroatoms. The Morgan fingerprint density at radius 3 is 2.60 bits per heavy atom. The Kier molecular flexibility index (Phi) is 3.00. The van der Waals surface area contributed by atoms with Gasteiger partial charge in [0.05, 0.1) is 0 Å². The van der Waals surface area contributed by atoms with Gasteiger partial charge < -0.3 is 5.32 Å². The standard InChI is InChI=1S/C14H20N2O2S2/c1-15-7-10-4-5-11(19-10)20(17,18)16-14-12-8-2-3-9(6-8)13(12)14/h4-5,8-9,12-16H,2-3,6-7H2,1H3. The predicted octanol–water partition coefficient (Wildman–Crippen LogP) is 1.79. The molecule has 0 spiro atoms. The van der Waals surface area contributed by atoms with Crippen LogP contribution in [0.3, 0.4) is 0 Å². The van der Waals surface area contributed by atoms with Gasteiger partial charge in [-0.25, -0.2) is 13.1 Å². The first-order valence-electron chi connectivity index (χ1n) is 7.36. The second-order valence-corrected chi connectivity index (χ2v) is 9.50. The monoisotopic (exact) mass is 312 g/mol. The highest BCUT2D eigenvalue weighted by Gasteiger charge is 2.65. The molecule has 0 amide bonds. The average molecular weight is 312 g/mol. The number of sulfonamides is 1. The Hall–Kier alpha value is -0.430. The summed E-state index contributed by atoms with van der Waals surface area (Å²) >= 11 is 1.37. The van der Waals surface area contributed by atoms with Crippen LogP contribution in [0.25, 0.3) is 0 Å². The summed E-state index contributed by atoms with van der Waals surface area (Å²) in [5.41, 5.74) is 0. The fourth-order valence-corrected chi connectivity index (χ4v) is 7.18. The highest BCUT2D eigenvalue weighted by atomic mass is 32.2. The van der Waals surface area contributed by atoms with Crippen molar-refractivity contribution in [2.45, 2.75) is 36.1 Å². The highest BCUT2D eigenvalue weighted by Crippen LogP contribution is 2.65. The summed E-state index contributed by atoms with van der Waals surface area (Å²) in [6.45, 7) is 0.721. The van der Waals surface area contributed by atoms with Gasteiger partial charge in [-0.15, -0.1) is 11.3 Å². The molecule has 0 aromatic carbocycles. The fourth-order valence-electron chi connectivity index (χ4n) is 4.49. The lowest BCUT2D eigenvalue weighted by Gasteiger charge is -2.10. The van der Waals surface area contributed by atoms with Gasteiger partial charge in [-0.2, -0.15) is 0 Å². The van der Waals surface area contributed by atoms with Gasteiger partial charge >= 0.3 is 0 Å². The van der Waals surface area contributed by atoms with Gasteiger partial charge in [-0.05, 0) is 62.1 Å². The van der Waals surface area contributed by atoms with Crippen LogP contribution in [0.15, 0.2) is 16.3 Å². The van der Waals surface area contributed by atoms with Crippen LogP contribution in [0.2, 0.25) is 0 Å². The molecular formula is C14H20N2O2S2. The Morgan fingerprint density at radius 2 is 1.95 bits per heavy atom. The first kappa shape index (κ1) is 13.2. The number of thiophene rings is 1. The molecule has 0 saturated heterocycles. The van der Waals surface area contributed by atoms with Gasteiger partial charge in [-0.1, -0.05) is 0 Å². The number of hydrogen-bond acceptors (Lipinski definition) is 4. The number of fused-ring (bicyclic) bond motifs is 5. The Morgan fingerprint density at radius 1 is 1.25 bits per heavy atom. The minimum absolute atomic E-state index is 0.223. The van der Waals surface area contributed by atoms with Crippen molar-refractivity contribution >= 4 is 21.4 Å². The van der Waals surface area contributed by atoms with Gasteiger partial charge in [0.15, 0.2) is 0 Å². The van der Waals surface area contributed by atoms with Gasteiger partial charge in [0, 0.05) is 17.5 Å². The third kappa shape index (κ3) is 1.96. The quantitative estimate of drug-likeness (QED) is 0.871. The van der Waals surface area contributed by atoms with Gasteiger partial charge in [0.1, 0.15) is 4.21 Å². The molecule has 0 radical (unpaired) electrons. The minimum Gasteiger partial charge on any atom is -0.315 e. The van der Waals surface area contributed by atoms with Crippen LogP contribution in [0, 0.1) is 23.7 Å². The molecule has 1 aromatic rings. The SMILES string of the molecule is CNCc1ccc(S(=O)(=O)NC2C3C4CCC(C4)C23)s1. The van der Waals surface area contributed by atoms with Crippen molar-refractivity contribution in [1.82, 2.24) is 10.0 Å². The van der Waals surface area contributed by atoms with Crippen LogP contribution in [-0.2, 0) is 16.6 Å². The van der Waals surface area contributed by atoms with Crippen LogP contribution in [0.1, 0.15) is 24.1 Å². The van der Waals surface area contributed by atoms with Crippen molar-refractivity contribution in [2.24, 2.45) is 23.7 Å². The third-order valence-corrected chi connectivity index (χ3v) is 8.32. The molecule has 1 aromatic heterocycles. The van der Waals surface area contributed by atoms with Crippen molar-refractivity contribution in [3.8, 4) is 0 Å². The molecule has 0 aliphatic heterocycles. The lowest BCUT2D eigenvalue weighted by Crippen LogP contribution is -2.29. The lowest BCUT2D eigenvalue weighted by atomic mass is 10.0. The summed E-state index contributed by atoms with van der Waals surface area (Å²) < 4.78 is 28.3. The number of hydrogen-bond donors (Lipinski definition) is 2. The van der Waals surface area contributed by atoms with E-state index in [-0.39, 0.29) is 6.04 Å². The van der Waals surface area contributed by atoms with E-state index < -0.39 is 10.0 Å². The topological polar surface area (TPSA) is 58.2 Å². The summed E-state index contributed by atoms with van der Waals surface area (Å²) in [6, 6.07) is 3.85. The molecule has 3 aliphatic carbocycles. The van der Waals surface area contributed by atoms with E-state index in [1.165, 1.54) is 30.6 Å². The highest BCUT2D eigenvalue weighted by molar-refractivity contribution is 7.91. The molecule has 2 bridgehead atoms. The van der Waals surface area contributed by atoms with Gasteiger partial charge in [0.25, 0.3) is 0 Å². The normalized spacial score (nSPS) is 38.1. The summed E-state index contributed by atoms with van der Waals surface area (Å²) in [4.78, 5) is 1.06. The van der Waals surface area contributed by atoms with Crippen molar-refractivity contribution in [2.75, 3.05) is 7.05 Å². The van der Waals surface area contributed by atoms with E-state index >= 15 is 0 Å². The van der Waals surface area contributed by atoms with E-state index in [4.69, 9.17) is 0 Å². The summed E-state index contributed by atoms with van der Waals surface area (Å²) in [7, 11) is -1.45. The fraction of sp³-hybridized carbons (Fsp3) is 0.714. The van der Waals surface area contributed by atoms with E-state index in [1.807, 2.05) is 13.1 Å². The van der Waals surface area contributed by atoms with Crippen molar-refractivity contribution in [3.63, 3.8) is 0 Å². The summed E-state index contributed by atoms with van der Waals surface area (Å²) in [6.07, 6.45) is 3.98. The smallest absolute Gasteiger partial charge is 0.250 e. The van der Waals surface area contributed by atoms with Crippen LogP contribution in [0.5, 0.6) is 0 Å². The zero-order valence-electron chi connectivity index (χ0n) is 11.5. The van der Waals surface area contributed by atoms with Crippen LogP contribution >= 0.6 is 11.3 Å². The molecule has 110 valence electrons. The van der Waals surface area contributed by atoms with E-state index in [9.17, 15) is 8.42 Å². The maximum absolute atomic E-state index is 12.4.